The zero-order valence-electron chi connectivity index (χ0n) is 16.5. The maximum absolute atomic E-state index is 13.9. The van der Waals surface area contributed by atoms with Crippen LogP contribution in [-0.2, 0) is 6.18 Å². The van der Waals surface area contributed by atoms with Crippen molar-refractivity contribution in [2.24, 2.45) is 0 Å². The summed E-state index contributed by atoms with van der Waals surface area (Å²) in [5.74, 6) is -1.08. The van der Waals surface area contributed by atoms with Crippen molar-refractivity contribution in [3.05, 3.63) is 71.7 Å². The van der Waals surface area contributed by atoms with Crippen molar-refractivity contribution < 1.29 is 22.4 Å². The Morgan fingerprint density at radius 1 is 1.00 bits per heavy atom. The molecule has 8 heteroatoms. The van der Waals surface area contributed by atoms with Crippen molar-refractivity contribution in [2.45, 2.75) is 43.9 Å². The van der Waals surface area contributed by atoms with Crippen LogP contribution in [0.15, 0.2) is 54.6 Å². The molecule has 1 amide bonds. The molecule has 1 aromatic heterocycles. The van der Waals surface area contributed by atoms with Gasteiger partial charge in [0.25, 0.3) is 5.91 Å². The van der Waals surface area contributed by atoms with Crippen molar-refractivity contribution in [1.29, 1.82) is 0 Å². The average Bonchev–Trinajstić information content (AvgIpc) is 2.73. The molecule has 3 aromatic rings. The first-order valence-electron chi connectivity index (χ1n) is 10.1. The highest BCUT2D eigenvalue weighted by Gasteiger charge is 2.34. The van der Waals surface area contributed by atoms with Crippen molar-refractivity contribution in [1.82, 2.24) is 10.3 Å². The Balaban J connectivity index is 1.51. The molecule has 31 heavy (non-hydrogen) atoms. The van der Waals surface area contributed by atoms with E-state index in [1.165, 1.54) is 18.2 Å². The van der Waals surface area contributed by atoms with E-state index in [1.807, 2.05) is 0 Å². The summed E-state index contributed by atoms with van der Waals surface area (Å²) < 4.78 is 53.8. The van der Waals surface area contributed by atoms with Crippen LogP contribution in [0.5, 0.6) is 0 Å². The molecule has 2 N–H and O–H groups in total. The van der Waals surface area contributed by atoms with Gasteiger partial charge in [0.1, 0.15) is 11.5 Å². The molecule has 1 aliphatic rings. The Morgan fingerprint density at radius 3 is 2.48 bits per heavy atom. The number of fused-ring (bicyclic) bond motifs is 1. The summed E-state index contributed by atoms with van der Waals surface area (Å²) in [6.07, 6.45) is -1.76. The minimum atomic E-state index is -4.55. The number of nitrogens with zero attached hydrogens (tertiary/aromatic N) is 1. The Labute approximate surface area is 176 Å². The Hall–Kier alpha value is -3.16. The maximum atomic E-state index is 13.9. The van der Waals surface area contributed by atoms with Crippen LogP contribution in [0, 0.1) is 5.82 Å². The van der Waals surface area contributed by atoms with Gasteiger partial charge in [0.15, 0.2) is 0 Å². The van der Waals surface area contributed by atoms with E-state index in [-0.39, 0.29) is 23.2 Å². The van der Waals surface area contributed by atoms with E-state index in [0.717, 1.165) is 25.3 Å². The molecule has 162 valence electrons. The van der Waals surface area contributed by atoms with Crippen LogP contribution >= 0.6 is 0 Å². The third-order valence-electron chi connectivity index (χ3n) is 5.49. The molecule has 0 spiro atoms. The molecule has 4 nitrogen and oxygen atoms in total. The molecule has 2 atom stereocenters. The third-order valence-corrected chi connectivity index (χ3v) is 5.49. The second kappa shape index (κ2) is 8.53. The third kappa shape index (κ3) is 4.78. The van der Waals surface area contributed by atoms with Gasteiger partial charge in [-0.2, -0.15) is 13.2 Å². The number of rotatable bonds is 4. The van der Waals surface area contributed by atoms with Crippen LogP contribution in [0.25, 0.3) is 10.9 Å². The van der Waals surface area contributed by atoms with E-state index in [9.17, 15) is 22.4 Å². The first-order valence-corrected chi connectivity index (χ1v) is 10.1. The minimum absolute atomic E-state index is 0.0208. The fraction of sp³-hybridized carbons (Fsp3) is 0.304. The number of benzene rings is 2. The molecular weight excluding hydrogens is 410 g/mol. The lowest BCUT2D eigenvalue weighted by atomic mass is 9.90. The second-order valence-electron chi connectivity index (χ2n) is 7.73. The molecular formula is C23H21F4N3O. The van der Waals surface area contributed by atoms with Gasteiger partial charge in [-0.05, 0) is 49.9 Å². The zero-order chi connectivity index (χ0) is 22.0. The number of nitrogens with one attached hydrogen (secondary N) is 2. The van der Waals surface area contributed by atoms with Gasteiger partial charge < -0.3 is 10.6 Å². The minimum Gasteiger partial charge on any atom is -0.382 e. The SMILES string of the molecule is O=C(N[C@@H]1CCC[C@H](Nc2cc(C(F)(F)F)nc3ccccc23)C1)c1ccccc1F. The number of alkyl halides is 3. The van der Waals surface area contributed by atoms with E-state index in [2.05, 4.69) is 15.6 Å². The molecule has 0 unspecified atom stereocenters. The smallest absolute Gasteiger partial charge is 0.382 e. The average molecular weight is 431 g/mol. The molecule has 1 saturated carbocycles. The highest BCUT2D eigenvalue weighted by atomic mass is 19.4. The number of amides is 1. The normalized spacial score (nSPS) is 19.2. The first kappa shape index (κ1) is 21.1. The summed E-state index contributed by atoms with van der Waals surface area (Å²) in [5.41, 5.74) is -0.342. The van der Waals surface area contributed by atoms with Crippen LogP contribution in [0.4, 0.5) is 23.2 Å². The van der Waals surface area contributed by atoms with Gasteiger partial charge in [0, 0.05) is 23.2 Å². The lowest BCUT2D eigenvalue weighted by Gasteiger charge is -2.31. The van der Waals surface area contributed by atoms with Gasteiger partial charge in [-0.25, -0.2) is 9.37 Å². The van der Waals surface area contributed by atoms with Crippen molar-refractivity contribution in [2.75, 3.05) is 5.32 Å². The van der Waals surface area contributed by atoms with Gasteiger partial charge in [0.2, 0.25) is 0 Å². The fourth-order valence-electron chi connectivity index (χ4n) is 4.02. The van der Waals surface area contributed by atoms with E-state index in [0.29, 0.717) is 17.5 Å². The molecule has 1 aliphatic carbocycles. The summed E-state index contributed by atoms with van der Waals surface area (Å²) >= 11 is 0. The number of anilines is 1. The predicted octanol–water partition coefficient (Wildman–Crippen LogP) is 5.55. The molecule has 2 aromatic carbocycles. The van der Waals surface area contributed by atoms with Crippen molar-refractivity contribution in [3.63, 3.8) is 0 Å². The summed E-state index contributed by atoms with van der Waals surface area (Å²) in [7, 11) is 0. The van der Waals surface area contributed by atoms with Gasteiger partial charge in [-0.15, -0.1) is 0 Å². The van der Waals surface area contributed by atoms with Crippen LogP contribution < -0.4 is 10.6 Å². The first-order chi connectivity index (χ1) is 14.8. The standard InChI is InChI=1S/C23H21F4N3O/c24-18-10-3-1-8-16(18)22(31)29-15-7-5-6-14(12-15)28-20-13-21(23(25,26)27)30-19-11-4-2-9-17(19)20/h1-4,8-11,13-15H,5-7,12H2,(H,28,30)(H,29,31)/t14-,15+/m0/s1. The van der Waals surface area contributed by atoms with Crippen LogP contribution in [0.1, 0.15) is 41.7 Å². The van der Waals surface area contributed by atoms with Gasteiger partial charge in [0.05, 0.1) is 11.1 Å². The van der Waals surface area contributed by atoms with Crippen molar-refractivity contribution >= 4 is 22.5 Å². The van der Waals surface area contributed by atoms with Gasteiger partial charge in [-0.1, -0.05) is 30.3 Å². The van der Waals surface area contributed by atoms with E-state index in [4.69, 9.17) is 0 Å². The highest BCUT2D eigenvalue weighted by Crippen LogP contribution is 2.34. The number of carbonyl (C=O) groups excluding carboxylic acids is 1. The summed E-state index contributed by atoms with van der Waals surface area (Å²) in [4.78, 5) is 16.2. The number of aromatic nitrogens is 1. The van der Waals surface area contributed by atoms with Crippen LogP contribution in [0.3, 0.4) is 0 Å². The lowest BCUT2D eigenvalue weighted by Crippen LogP contribution is -2.42. The quantitative estimate of drug-likeness (QED) is 0.533. The van der Waals surface area contributed by atoms with Gasteiger partial charge >= 0.3 is 6.18 Å². The fourth-order valence-corrected chi connectivity index (χ4v) is 4.02. The molecule has 0 aliphatic heterocycles. The maximum Gasteiger partial charge on any atom is 0.433 e. The number of carbonyl (C=O) groups is 1. The molecule has 0 radical (unpaired) electrons. The Kier molecular flexibility index (Phi) is 5.80. The molecule has 0 bridgehead atoms. The van der Waals surface area contributed by atoms with E-state index >= 15 is 0 Å². The molecule has 0 saturated heterocycles. The topological polar surface area (TPSA) is 54.0 Å². The van der Waals surface area contributed by atoms with Gasteiger partial charge in [-0.3, -0.25) is 4.79 Å². The lowest BCUT2D eigenvalue weighted by molar-refractivity contribution is -0.140. The number of hydrogen-bond donors (Lipinski definition) is 2. The van der Waals surface area contributed by atoms with Crippen molar-refractivity contribution in [3.8, 4) is 0 Å². The zero-order valence-corrected chi connectivity index (χ0v) is 16.5. The van der Waals surface area contributed by atoms with E-state index in [1.54, 1.807) is 30.3 Å². The van der Waals surface area contributed by atoms with E-state index < -0.39 is 23.6 Å². The summed E-state index contributed by atoms with van der Waals surface area (Å²) in [6.45, 7) is 0. The highest BCUT2D eigenvalue weighted by molar-refractivity contribution is 5.94. The molecule has 1 heterocycles. The number of hydrogen-bond acceptors (Lipinski definition) is 3. The molecule has 4 rings (SSSR count). The Morgan fingerprint density at radius 2 is 1.71 bits per heavy atom. The number of para-hydroxylation sites is 1. The summed E-state index contributed by atoms with van der Waals surface area (Å²) in [5, 5.41) is 6.68. The van der Waals surface area contributed by atoms with Crippen LogP contribution in [-0.4, -0.2) is 23.0 Å². The largest absolute Gasteiger partial charge is 0.433 e. The predicted molar refractivity (Wildman–Crippen MR) is 110 cm³/mol. The number of halogens is 4. The summed E-state index contributed by atoms with van der Waals surface area (Å²) in [6, 6.07) is 13.1. The van der Waals surface area contributed by atoms with Crippen LogP contribution in [0.2, 0.25) is 0 Å². The second-order valence-corrected chi connectivity index (χ2v) is 7.73. The number of pyridine rings is 1. The Bertz CT molecular complexity index is 1100. The monoisotopic (exact) mass is 431 g/mol. The molecule has 1 fully saturated rings.